The number of rotatable bonds is 8. The first kappa shape index (κ1) is 21.5. The SMILES string of the molecule is CCN(CC)S(=O)(=O)c1cccc(NC(=O)COc2cccc(Cl)c2Cl)c1. The Bertz CT molecular complexity index is 915. The lowest BCUT2D eigenvalue weighted by Crippen LogP contribution is -2.30. The summed E-state index contributed by atoms with van der Waals surface area (Å²) in [5.41, 5.74) is 0.356. The van der Waals surface area contributed by atoms with Gasteiger partial charge in [0.15, 0.2) is 6.61 Å². The van der Waals surface area contributed by atoms with Crippen LogP contribution in [0.1, 0.15) is 13.8 Å². The second kappa shape index (κ2) is 9.41. The van der Waals surface area contributed by atoms with Crippen LogP contribution in [-0.4, -0.2) is 38.3 Å². The van der Waals surface area contributed by atoms with Crippen LogP contribution < -0.4 is 10.1 Å². The fourth-order valence-corrected chi connectivity index (χ4v) is 4.23. The van der Waals surface area contributed by atoms with Crippen molar-refractivity contribution in [2.45, 2.75) is 18.7 Å². The zero-order valence-electron chi connectivity index (χ0n) is 14.9. The van der Waals surface area contributed by atoms with Crippen molar-refractivity contribution < 1.29 is 17.9 Å². The summed E-state index contributed by atoms with van der Waals surface area (Å²) >= 11 is 11.9. The summed E-state index contributed by atoms with van der Waals surface area (Å²) < 4.78 is 31.9. The minimum Gasteiger partial charge on any atom is -0.482 e. The molecule has 27 heavy (non-hydrogen) atoms. The molecule has 1 amide bonds. The highest BCUT2D eigenvalue weighted by molar-refractivity contribution is 7.89. The van der Waals surface area contributed by atoms with Gasteiger partial charge in [-0.25, -0.2) is 8.42 Å². The van der Waals surface area contributed by atoms with Gasteiger partial charge < -0.3 is 10.1 Å². The highest BCUT2D eigenvalue weighted by atomic mass is 35.5. The van der Waals surface area contributed by atoms with Crippen molar-refractivity contribution in [3.63, 3.8) is 0 Å². The minimum atomic E-state index is -3.61. The highest BCUT2D eigenvalue weighted by Gasteiger charge is 2.21. The van der Waals surface area contributed by atoms with Crippen LogP contribution in [0.15, 0.2) is 47.4 Å². The van der Waals surface area contributed by atoms with E-state index in [2.05, 4.69) is 5.32 Å². The number of carbonyl (C=O) groups is 1. The first-order valence-corrected chi connectivity index (χ1v) is 10.5. The van der Waals surface area contributed by atoms with Gasteiger partial charge in [-0.15, -0.1) is 0 Å². The van der Waals surface area contributed by atoms with E-state index in [1.165, 1.54) is 16.4 Å². The quantitative estimate of drug-likeness (QED) is 0.685. The third kappa shape index (κ3) is 5.35. The highest BCUT2D eigenvalue weighted by Crippen LogP contribution is 2.31. The average Bonchev–Trinajstić information content (AvgIpc) is 2.64. The molecule has 6 nitrogen and oxygen atoms in total. The van der Waals surface area contributed by atoms with E-state index in [0.717, 1.165) is 0 Å². The predicted molar refractivity (Wildman–Crippen MR) is 107 cm³/mol. The van der Waals surface area contributed by atoms with E-state index < -0.39 is 15.9 Å². The number of hydrogen-bond donors (Lipinski definition) is 1. The average molecular weight is 431 g/mol. The number of ether oxygens (including phenoxy) is 1. The molecule has 0 saturated carbocycles. The lowest BCUT2D eigenvalue weighted by atomic mass is 10.3. The van der Waals surface area contributed by atoms with Gasteiger partial charge >= 0.3 is 0 Å². The maximum absolute atomic E-state index is 12.6. The van der Waals surface area contributed by atoms with Crippen LogP contribution in [0.4, 0.5) is 5.69 Å². The van der Waals surface area contributed by atoms with E-state index >= 15 is 0 Å². The van der Waals surface area contributed by atoms with Crippen molar-refractivity contribution in [3.05, 3.63) is 52.5 Å². The third-order valence-electron chi connectivity index (χ3n) is 3.74. The molecule has 1 N–H and O–H groups in total. The minimum absolute atomic E-state index is 0.114. The van der Waals surface area contributed by atoms with Crippen LogP contribution in [-0.2, 0) is 14.8 Å². The first-order chi connectivity index (χ1) is 12.8. The molecule has 2 aromatic carbocycles. The molecule has 0 saturated heterocycles. The molecule has 0 bridgehead atoms. The van der Waals surface area contributed by atoms with Crippen molar-refractivity contribution in [1.82, 2.24) is 4.31 Å². The summed E-state index contributed by atoms with van der Waals surface area (Å²) in [7, 11) is -3.61. The maximum Gasteiger partial charge on any atom is 0.262 e. The van der Waals surface area contributed by atoms with Crippen LogP contribution in [0.3, 0.4) is 0 Å². The summed E-state index contributed by atoms with van der Waals surface area (Å²) in [6.07, 6.45) is 0. The standard InChI is InChI=1S/C18H20Cl2N2O4S/c1-3-22(4-2)27(24,25)14-8-5-7-13(11-14)21-17(23)12-26-16-10-6-9-15(19)18(16)20/h5-11H,3-4,12H2,1-2H3,(H,21,23). The van der Waals surface area contributed by atoms with Crippen molar-refractivity contribution in [1.29, 1.82) is 0 Å². The topological polar surface area (TPSA) is 75.7 Å². The second-order valence-corrected chi connectivity index (χ2v) is 8.23. The number of anilines is 1. The molecule has 0 atom stereocenters. The molecule has 9 heteroatoms. The van der Waals surface area contributed by atoms with E-state index in [1.54, 1.807) is 44.2 Å². The number of hydrogen-bond acceptors (Lipinski definition) is 4. The summed E-state index contributed by atoms with van der Waals surface area (Å²) in [6, 6.07) is 10.9. The lowest BCUT2D eigenvalue weighted by Gasteiger charge is -2.18. The Morgan fingerprint density at radius 3 is 2.44 bits per heavy atom. The second-order valence-electron chi connectivity index (χ2n) is 5.51. The molecule has 0 aromatic heterocycles. The number of benzene rings is 2. The monoisotopic (exact) mass is 430 g/mol. The van der Waals surface area contributed by atoms with Gasteiger partial charge in [0.2, 0.25) is 10.0 Å². The number of sulfonamides is 1. The fourth-order valence-electron chi connectivity index (χ4n) is 2.38. The number of halogens is 2. The number of nitrogens with zero attached hydrogens (tertiary/aromatic N) is 1. The third-order valence-corrected chi connectivity index (χ3v) is 6.58. The molecular weight excluding hydrogens is 411 g/mol. The molecule has 0 spiro atoms. The van der Waals surface area contributed by atoms with E-state index in [-0.39, 0.29) is 22.3 Å². The van der Waals surface area contributed by atoms with Gasteiger partial charge in [0.25, 0.3) is 5.91 Å². The van der Waals surface area contributed by atoms with Crippen LogP contribution in [0.5, 0.6) is 5.75 Å². The molecule has 0 aliphatic carbocycles. The largest absolute Gasteiger partial charge is 0.482 e. The summed E-state index contributed by atoms with van der Waals surface area (Å²) in [5, 5.41) is 3.16. The molecule has 0 fully saturated rings. The van der Waals surface area contributed by atoms with Gasteiger partial charge in [-0.2, -0.15) is 4.31 Å². The fraction of sp³-hybridized carbons (Fsp3) is 0.278. The van der Waals surface area contributed by atoms with Crippen LogP contribution in [0.25, 0.3) is 0 Å². The first-order valence-electron chi connectivity index (χ1n) is 8.26. The van der Waals surface area contributed by atoms with E-state index in [1.807, 2.05) is 0 Å². The molecule has 0 aliphatic heterocycles. The van der Waals surface area contributed by atoms with Crippen LogP contribution >= 0.6 is 23.2 Å². The van der Waals surface area contributed by atoms with Gasteiger partial charge in [-0.05, 0) is 30.3 Å². The van der Waals surface area contributed by atoms with Crippen molar-refractivity contribution in [3.8, 4) is 5.75 Å². The molecular formula is C18H20Cl2N2O4S. The van der Waals surface area contributed by atoms with Crippen molar-refractivity contribution in [2.75, 3.05) is 25.0 Å². The predicted octanol–water partition coefficient (Wildman–Crippen LogP) is 4.04. The van der Waals surface area contributed by atoms with Crippen LogP contribution in [0, 0.1) is 0 Å². The summed E-state index contributed by atoms with van der Waals surface area (Å²) in [4.78, 5) is 12.2. The lowest BCUT2D eigenvalue weighted by molar-refractivity contribution is -0.118. The summed E-state index contributed by atoms with van der Waals surface area (Å²) in [6.45, 7) is 3.97. The number of amides is 1. The van der Waals surface area contributed by atoms with Gasteiger partial charge in [0.05, 0.1) is 9.92 Å². The van der Waals surface area contributed by atoms with Gasteiger partial charge in [0.1, 0.15) is 10.8 Å². The Balaban J connectivity index is 2.07. The van der Waals surface area contributed by atoms with Gasteiger partial charge in [-0.3, -0.25) is 4.79 Å². The smallest absolute Gasteiger partial charge is 0.262 e. The van der Waals surface area contributed by atoms with Gasteiger partial charge in [0, 0.05) is 18.8 Å². The number of nitrogens with one attached hydrogen (secondary N) is 1. The zero-order valence-corrected chi connectivity index (χ0v) is 17.2. The number of carbonyl (C=O) groups excluding carboxylic acids is 1. The van der Waals surface area contributed by atoms with Crippen LogP contribution in [0.2, 0.25) is 10.0 Å². The Morgan fingerprint density at radius 2 is 1.78 bits per heavy atom. The van der Waals surface area contributed by atoms with Crippen molar-refractivity contribution in [2.24, 2.45) is 0 Å². The zero-order chi connectivity index (χ0) is 20.0. The van der Waals surface area contributed by atoms with E-state index in [4.69, 9.17) is 27.9 Å². The molecule has 2 rings (SSSR count). The molecule has 2 aromatic rings. The molecule has 146 valence electrons. The molecule has 0 heterocycles. The summed E-state index contributed by atoms with van der Waals surface area (Å²) in [5.74, 6) is -0.166. The molecule has 0 radical (unpaired) electrons. The Labute approximate surface area is 169 Å². The van der Waals surface area contributed by atoms with E-state index in [0.29, 0.717) is 23.8 Å². The Kier molecular flexibility index (Phi) is 7.49. The Morgan fingerprint density at radius 1 is 1.11 bits per heavy atom. The Hall–Kier alpha value is -1.80. The van der Waals surface area contributed by atoms with E-state index in [9.17, 15) is 13.2 Å². The normalized spacial score (nSPS) is 11.4. The van der Waals surface area contributed by atoms with Gasteiger partial charge in [-0.1, -0.05) is 49.2 Å². The molecule has 0 unspecified atom stereocenters. The molecule has 0 aliphatic rings. The maximum atomic E-state index is 12.6. The van der Waals surface area contributed by atoms with Crippen molar-refractivity contribution >= 4 is 44.8 Å².